The summed E-state index contributed by atoms with van der Waals surface area (Å²) >= 11 is 0. The minimum atomic E-state index is -0.987. The monoisotopic (exact) mass is 554 g/mol. The number of rotatable bonds is 14. The zero-order valence-corrected chi connectivity index (χ0v) is 23.7. The van der Waals surface area contributed by atoms with Gasteiger partial charge in [-0.1, -0.05) is 95.2 Å². The highest BCUT2D eigenvalue weighted by atomic mass is 19.2. The summed E-state index contributed by atoms with van der Waals surface area (Å²) in [6.07, 6.45) is 9.42. The molecule has 3 aromatic carbocycles. The van der Waals surface area contributed by atoms with Crippen LogP contribution in [0.5, 0.6) is 5.75 Å². The van der Waals surface area contributed by atoms with E-state index in [2.05, 4.69) is 13.8 Å². The van der Waals surface area contributed by atoms with Crippen LogP contribution in [-0.2, 0) is 9.47 Å². The van der Waals surface area contributed by atoms with Crippen LogP contribution >= 0.6 is 0 Å². The fourth-order valence-electron chi connectivity index (χ4n) is 5.16. The molecule has 0 aliphatic carbocycles. The molecule has 0 aromatic heterocycles. The van der Waals surface area contributed by atoms with Crippen molar-refractivity contribution in [1.82, 2.24) is 0 Å². The Hall–Kier alpha value is -2.83. The van der Waals surface area contributed by atoms with Crippen molar-refractivity contribution in [2.75, 3.05) is 19.8 Å². The molecule has 1 aliphatic heterocycles. The molecular weight excluding hydrogens is 513 g/mol. The summed E-state index contributed by atoms with van der Waals surface area (Å²) in [5.41, 5.74) is 2.32. The molecule has 0 unspecified atom stereocenters. The number of hydrogen-bond donors (Lipinski definition) is 0. The van der Waals surface area contributed by atoms with Crippen molar-refractivity contribution in [2.24, 2.45) is 5.92 Å². The van der Waals surface area contributed by atoms with E-state index in [9.17, 15) is 8.78 Å². The average molecular weight is 555 g/mol. The second-order valence-corrected chi connectivity index (χ2v) is 10.7. The van der Waals surface area contributed by atoms with Gasteiger partial charge in [0.15, 0.2) is 17.9 Å². The fraction of sp³-hybridized carbons (Fsp3) is 0.471. The molecule has 3 nitrogen and oxygen atoms in total. The Morgan fingerprint density at radius 3 is 1.98 bits per heavy atom. The highest BCUT2D eigenvalue weighted by Crippen LogP contribution is 2.34. The summed E-state index contributed by atoms with van der Waals surface area (Å²) in [4.78, 5) is 0. The van der Waals surface area contributed by atoms with Gasteiger partial charge in [0.05, 0.1) is 19.8 Å². The molecule has 1 fully saturated rings. The van der Waals surface area contributed by atoms with Crippen molar-refractivity contribution >= 4 is 0 Å². The van der Waals surface area contributed by atoms with Crippen molar-refractivity contribution in [3.05, 3.63) is 77.6 Å². The molecule has 0 saturated carbocycles. The second kappa shape index (κ2) is 15.2. The Morgan fingerprint density at radius 1 is 0.700 bits per heavy atom. The van der Waals surface area contributed by atoms with E-state index in [1.165, 1.54) is 43.9 Å². The van der Waals surface area contributed by atoms with Crippen LogP contribution in [0.3, 0.4) is 0 Å². The van der Waals surface area contributed by atoms with Gasteiger partial charge < -0.3 is 14.2 Å². The molecule has 1 heterocycles. The molecular formula is C34H41F3O3. The van der Waals surface area contributed by atoms with Gasteiger partial charge in [0, 0.05) is 22.6 Å². The normalized spacial score (nSPS) is 17.2. The van der Waals surface area contributed by atoms with Gasteiger partial charge in [0.2, 0.25) is 5.82 Å². The third-order valence-corrected chi connectivity index (χ3v) is 7.49. The van der Waals surface area contributed by atoms with E-state index in [-0.39, 0.29) is 11.3 Å². The van der Waals surface area contributed by atoms with Crippen molar-refractivity contribution in [3.8, 4) is 28.0 Å². The summed E-state index contributed by atoms with van der Waals surface area (Å²) in [7, 11) is 0. The van der Waals surface area contributed by atoms with Crippen LogP contribution in [0, 0.1) is 23.4 Å². The highest BCUT2D eigenvalue weighted by Gasteiger charge is 2.24. The van der Waals surface area contributed by atoms with Crippen LogP contribution in [0.25, 0.3) is 22.3 Å². The van der Waals surface area contributed by atoms with Crippen LogP contribution in [-0.4, -0.2) is 19.8 Å². The van der Waals surface area contributed by atoms with Gasteiger partial charge in [-0.15, -0.1) is 0 Å². The lowest BCUT2D eigenvalue weighted by molar-refractivity contribution is -0.206. The maximum Gasteiger partial charge on any atom is 0.201 e. The first-order valence-electron chi connectivity index (χ1n) is 14.8. The number of halogens is 3. The number of hydrogen-bond acceptors (Lipinski definition) is 3. The van der Waals surface area contributed by atoms with Gasteiger partial charge in [0.25, 0.3) is 0 Å². The minimum absolute atomic E-state index is 0.0715. The first-order chi connectivity index (χ1) is 19.5. The fourth-order valence-corrected chi connectivity index (χ4v) is 5.16. The molecule has 1 saturated heterocycles. The van der Waals surface area contributed by atoms with Gasteiger partial charge in [-0.25, -0.2) is 8.78 Å². The third-order valence-electron chi connectivity index (χ3n) is 7.49. The molecule has 0 bridgehead atoms. The van der Waals surface area contributed by atoms with Crippen molar-refractivity contribution in [1.29, 1.82) is 0 Å². The average Bonchev–Trinajstić information content (AvgIpc) is 2.97. The lowest BCUT2D eigenvalue weighted by Gasteiger charge is -2.29. The minimum Gasteiger partial charge on any atom is -0.490 e. The summed E-state index contributed by atoms with van der Waals surface area (Å²) < 4.78 is 61.9. The molecule has 6 heteroatoms. The molecule has 0 spiro atoms. The van der Waals surface area contributed by atoms with E-state index in [0.29, 0.717) is 48.0 Å². The van der Waals surface area contributed by atoms with Crippen molar-refractivity contribution in [3.63, 3.8) is 0 Å². The number of benzene rings is 3. The molecule has 3 aromatic rings. The van der Waals surface area contributed by atoms with Crippen LogP contribution < -0.4 is 4.74 Å². The maximum absolute atomic E-state index is 15.1. The van der Waals surface area contributed by atoms with E-state index < -0.39 is 23.7 Å². The van der Waals surface area contributed by atoms with Gasteiger partial charge in [-0.3, -0.25) is 0 Å². The summed E-state index contributed by atoms with van der Waals surface area (Å²) in [5, 5.41) is 0. The SMILES string of the molecule is CCCCCCCCCOc1ccc(-c2ccc(-c3ccc(C4OCC(CCC)CO4)cc3F)cc2)c(F)c1F. The smallest absolute Gasteiger partial charge is 0.201 e. The predicted octanol–water partition coefficient (Wildman–Crippen LogP) is 10.0. The zero-order valence-electron chi connectivity index (χ0n) is 23.7. The largest absolute Gasteiger partial charge is 0.490 e. The molecule has 0 radical (unpaired) electrons. The molecule has 4 rings (SSSR count). The Bertz CT molecular complexity index is 1200. The molecule has 40 heavy (non-hydrogen) atoms. The first-order valence-corrected chi connectivity index (χ1v) is 14.8. The van der Waals surface area contributed by atoms with Crippen molar-refractivity contribution < 1.29 is 27.4 Å². The van der Waals surface area contributed by atoms with Crippen LogP contribution in [0.4, 0.5) is 13.2 Å². The van der Waals surface area contributed by atoms with E-state index in [0.717, 1.165) is 32.1 Å². The van der Waals surface area contributed by atoms with E-state index in [1.807, 2.05) is 0 Å². The molecule has 1 aliphatic rings. The molecule has 0 amide bonds. The number of ether oxygens (including phenoxy) is 3. The number of unbranched alkanes of at least 4 members (excludes halogenated alkanes) is 6. The van der Waals surface area contributed by atoms with Crippen LogP contribution in [0.1, 0.15) is 83.5 Å². The molecule has 216 valence electrons. The topological polar surface area (TPSA) is 27.7 Å². The quantitative estimate of drug-likeness (QED) is 0.186. The lowest BCUT2D eigenvalue weighted by Crippen LogP contribution is -2.27. The van der Waals surface area contributed by atoms with E-state index in [1.54, 1.807) is 36.4 Å². The maximum atomic E-state index is 15.1. The zero-order chi connectivity index (χ0) is 28.3. The molecule has 0 N–H and O–H groups in total. The summed E-state index contributed by atoms with van der Waals surface area (Å²) in [5.74, 6) is -2.03. The summed E-state index contributed by atoms with van der Waals surface area (Å²) in [6, 6.07) is 14.7. The first kappa shape index (κ1) is 30.1. The van der Waals surface area contributed by atoms with Gasteiger partial charge in [0.1, 0.15) is 5.82 Å². The Morgan fingerprint density at radius 2 is 1.32 bits per heavy atom. The highest BCUT2D eigenvalue weighted by molar-refractivity contribution is 5.71. The molecule has 0 atom stereocenters. The standard InChI is InChI=1S/C34H41F3O3/c1-3-5-6-7-8-9-10-20-38-31-19-18-29(32(36)33(31)37)26-14-12-25(13-15-26)28-17-16-27(21-30(28)35)34-39-22-24(11-4-2)23-40-34/h12-19,21,24,34H,3-11,20,22-23H2,1-2H3. The van der Waals surface area contributed by atoms with Crippen LogP contribution in [0.2, 0.25) is 0 Å². The van der Waals surface area contributed by atoms with E-state index in [4.69, 9.17) is 14.2 Å². The Balaban J connectivity index is 1.35. The van der Waals surface area contributed by atoms with Gasteiger partial charge in [-0.05, 0) is 42.2 Å². The summed E-state index contributed by atoms with van der Waals surface area (Å²) in [6.45, 7) is 5.89. The van der Waals surface area contributed by atoms with Gasteiger partial charge >= 0.3 is 0 Å². The van der Waals surface area contributed by atoms with Gasteiger partial charge in [-0.2, -0.15) is 4.39 Å². The Kier molecular flexibility index (Phi) is 11.5. The van der Waals surface area contributed by atoms with Crippen molar-refractivity contribution in [2.45, 2.75) is 77.9 Å². The predicted molar refractivity (Wildman–Crippen MR) is 154 cm³/mol. The second-order valence-electron chi connectivity index (χ2n) is 10.7. The third kappa shape index (κ3) is 7.88. The Labute approximate surface area is 236 Å². The lowest BCUT2D eigenvalue weighted by atomic mass is 9.98. The van der Waals surface area contributed by atoms with E-state index >= 15 is 4.39 Å². The van der Waals surface area contributed by atoms with Crippen LogP contribution in [0.15, 0.2) is 54.6 Å².